The molecule has 2 rings (SSSR count). The van der Waals surface area contributed by atoms with Crippen LogP contribution in [0.25, 0.3) is 10.9 Å². The highest BCUT2D eigenvalue weighted by molar-refractivity contribution is 6.18. The molecule has 102 valence electrons. The molecule has 0 N–H and O–H groups in total. The number of halogens is 1. The predicted octanol–water partition coefficient (Wildman–Crippen LogP) is 2.03. The Balaban J connectivity index is 2.63. The SMILES string of the molecule is C#CCn1c(=O)cc(C(=O)OCCCl)c2ccccc21. The Kier molecular flexibility index (Phi) is 4.44. The van der Waals surface area contributed by atoms with Gasteiger partial charge in [-0.15, -0.1) is 18.0 Å². The van der Waals surface area contributed by atoms with Crippen LogP contribution < -0.4 is 5.56 Å². The summed E-state index contributed by atoms with van der Waals surface area (Å²) in [6.07, 6.45) is 5.27. The first-order valence-electron chi connectivity index (χ1n) is 5.98. The van der Waals surface area contributed by atoms with Gasteiger partial charge < -0.3 is 4.74 Å². The number of nitrogens with zero attached hydrogens (tertiary/aromatic N) is 1. The minimum absolute atomic E-state index is 0.0994. The second-order valence-electron chi connectivity index (χ2n) is 4.03. The molecule has 0 radical (unpaired) electrons. The fourth-order valence-corrected chi connectivity index (χ4v) is 2.04. The number of ether oxygens (including phenoxy) is 1. The van der Waals surface area contributed by atoms with Crippen LogP contribution in [-0.4, -0.2) is 23.0 Å². The number of carbonyl (C=O) groups excluding carboxylic acids is 1. The van der Waals surface area contributed by atoms with E-state index in [4.69, 9.17) is 22.8 Å². The maximum atomic E-state index is 12.1. The van der Waals surface area contributed by atoms with Crippen molar-refractivity contribution < 1.29 is 9.53 Å². The third kappa shape index (κ3) is 2.68. The van der Waals surface area contributed by atoms with Crippen LogP contribution in [0.5, 0.6) is 0 Å². The fraction of sp³-hybridized carbons (Fsp3) is 0.200. The Morgan fingerprint density at radius 3 is 2.85 bits per heavy atom. The predicted molar refractivity (Wildman–Crippen MR) is 78.0 cm³/mol. The van der Waals surface area contributed by atoms with E-state index in [-0.39, 0.29) is 30.2 Å². The lowest BCUT2D eigenvalue weighted by molar-refractivity contribution is 0.0531. The lowest BCUT2D eigenvalue weighted by Gasteiger charge is -2.11. The van der Waals surface area contributed by atoms with Gasteiger partial charge in [-0.05, 0) is 6.07 Å². The molecule has 0 aliphatic carbocycles. The topological polar surface area (TPSA) is 48.3 Å². The number of alkyl halides is 1. The lowest BCUT2D eigenvalue weighted by atomic mass is 10.1. The van der Waals surface area contributed by atoms with E-state index in [1.54, 1.807) is 24.3 Å². The van der Waals surface area contributed by atoms with Gasteiger partial charge in [-0.25, -0.2) is 4.79 Å². The minimum atomic E-state index is -0.563. The third-order valence-corrected chi connectivity index (χ3v) is 2.95. The number of carbonyl (C=O) groups is 1. The van der Waals surface area contributed by atoms with Gasteiger partial charge >= 0.3 is 5.97 Å². The molecule has 0 bridgehead atoms. The molecule has 0 aliphatic rings. The number of rotatable bonds is 4. The summed E-state index contributed by atoms with van der Waals surface area (Å²) >= 11 is 5.48. The van der Waals surface area contributed by atoms with Crippen molar-refractivity contribution in [3.63, 3.8) is 0 Å². The van der Waals surface area contributed by atoms with Gasteiger partial charge in [0.25, 0.3) is 5.56 Å². The molecule has 0 saturated heterocycles. The van der Waals surface area contributed by atoms with Crippen LogP contribution in [-0.2, 0) is 11.3 Å². The highest BCUT2D eigenvalue weighted by atomic mass is 35.5. The van der Waals surface area contributed by atoms with Crippen molar-refractivity contribution in [2.45, 2.75) is 6.54 Å². The lowest BCUT2D eigenvalue weighted by Crippen LogP contribution is -2.22. The molecule has 5 heteroatoms. The Hall–Kier alpha value is -2.25. The number of benzene rings is 1. The summed E-state index contributed by atoms with van der Waals surface area (Å²) in [6, 6.07) is 8.30. The number of hydrogen-bond acceptors (Lipinski definition) is 3. The largest absolute Gasteiger partial charge is 0.461 e. The first-order chi connectivity index (χ1) is 9.69. The van der Waals surface area contributed by atoms with E-state index in [2.05, 4.69) is 5.92 Å². The van der Waals surface area contributed by atoms with Gasteiger partial charge in [0, 0.05) is 11.5 Å². The summed E-state index contributed by atoms with van der Waals surface area (Å²) in [5.41, 5.74) is 0.499. The molecule has 2 aromatic rings. The molecule has 0 spiro atoms. The number of aromatic nitrogens is 1. The molecule has 20 heavy (non-hydrogen) atoms. The summed E-state index contributed by atoms with van der Waals surface area (Å²) in [7, 11) is 0. The van der Waals surface area contributed by atoms with E-state index in [1.807, 2.05) is 0 Å². The number of fused-ring (bicyclic) bond motifs is 1. The molecule has 0 atom stereocenters. The van der Waals surface area contributed by atoms with E-state index in [1.165, 1.54) is 10.6 Å². The average molecular weight is 290 g/mol. The number of terminal acetylenes is 1. The van der Waals surface area contributed by atoms with Crippen LogP contribution in [0, 0.1) is 12.3 Å². The summed E-state index contributed by atoms with van der Waals surface area (Å²) < 4.78 is 6.42. The first-order valence-corrected chi connectivity index (χ1v) is 6.51. The van der Waals surface area contributed by atoms with Gasteiger partial charge in [0.05, 0.1) is 23.5 Å². The van der Waals surface area contributed by atoms with Gasteiger partial charge in [0.1, 0.15) is 6.61 Å². The minimum Gasteiger partial charge on any atom is -0.461 e. The standard InChI is InChI=1S/C15H12ClNO3/c1-2-8-17-13-6-4-3-5-11(13)12(10-14(17)18)15(19)20-9-7-16/h1,3-6,10H,7-9H2. The molecule has 1 heterocycles. The molecule has 0 saturated carbocycles. The molecular formula is C15H12ClNO3. The normalized spacial score (nSPS) is 10.2. The van der Waals surface area contributed by atoms with Crippen LogP contribution in [0.1, 0.15) is 10.4 Å². The second kappa shape index (κ2) is 6.27. The zero-order chi connectivity index (χ0) is 14.5. The first kappa shape index (κ1) is 14.2. The highest BCUT2D eigenvalue weighted by Gasteiger charge is 2.15. The van der Waals surface area contributed by atoms with E-state index >= 15 is 0 Å². The number of esters is 1. The van der Waals surface area contributed by atoms with Crippen molar-refractivity contribution in [1.29, 1.82) is 0 Å². The quantitative estimate of drug-likeness (QED) is 0.491. The van der Waals surface area contributed by atoms with Crippen molar-refractivity contribution in [3.05, 3.63) is 46.2 Å². The number of hydrogen-bond donors (Lipinski definition) is 0. The van der Waals surface area contributed by atoms with Crippen molar-refractivity contribution in [1.82, 2.24) is 4.57 Å². The molecule has 1 aromatic heterocycles. The Bertz CT molecular complexity index is 743. The summed E-state index contributed by atoms with van der Waals surface area (Å²) in [5, 5.41) is 0.627. The van der Waals surface area contributed by atoms with Crippen LogP contribution in [0.4, 0.5) is 0 Å². The smallest absolute Gasteiger partial charge is 0.339 e. The van der Waals surface area contributed by atoms with Gasteiger partial charge in [0.2, 0.25) is 0 Å². The van der Waals surface area contributed by atoms with Crippen molar-refractivity contribution in [2.75, 3.05) is 12.5 Å². The van der Waals surface area contributed by atoms with Crippen LogP contribution in [0.2, 0.25) is 0 Å². The number of pyridine rings is 1. The zero-order valence-corrected chi connectivity index (χ0v) is 11.4. The Morgan fingerprint density at radius 1 is 1.40 bits per heavy atom. The van der Waals surface area contributed by atoms with Crippen molar-refractivity contribution in [2.24, 2.45) is 0 Å². The van der Waals surface area contributed by atoms with E-state index < -0.39 is 5.97 Å². The third-order valence-electron chi connectivity index (χ3n) is 2.80. The summed E-state index contributed by atoms with van der Waals surface area (Å²) in [6.45, 7) is 0.249. The molecule has 0 unspecified atom stereocenters. The summed E-state index contributed by atoms with van der Waals surface area (Å²) in [4.78, 5) is 24.0. The Labute approximate surface area is 120 Å². The van der Waals surface area contributed by atoms with Gasteiger partial charge in [-0.1, -0.05) is 24.1 Å². The summed E-state index contributed by atoms with van der Waals surface area (Å²) in [5.74, 6) is 2.07. The van der Waals surface area contributed by atoms with E-state index in [0.717, 1.165) is 0 Å². The molecule has 0 amide bonds. The molecular weight excluding hydrogens is 278 g/mol. The fourth-order valence-electron chi connectivity index (χ4n) is 1.97. The highest BCUT2D eigenvalue weighted by Crippen LogP contribution is 2.17. The molecule has 4 nitrogen and oxygen atoms in total. The van der Waals surface area contributed by atoms with Crippen molar-refractivity contribution in [3.8, 4) is 12.3 Å². The maximum Gasteiger partial charge on any atom is 0.339 e. The monoisotopic (exact) mass is 289 g/mol. The zero-order valence-electron chi connectivity index (χ0n) is 10.6. The van der Waals surface area contributed by atoms with E-state index in [0.29, 0.717) is 10.9 Å². The van der Waals surface area contributed by atoms with Gasteiger partial charge in [-0.3, -0.25) is 9.36 Å². The van der Waals surface area contributed by atoms with Gasteiger partial charge in [-0.2, -0.15) is 0 Å². The Morgan fingerprint density at radius 2 is 2.15 bits per heavy atom. The molecule has 1 aromatic carbocycles. The van der Waals surface area contributed by atoms with E-state index in [9.17, 15) is 9.59 Å². The molecule has 0 aliphatic heterocycles. The second-order valence-corrected chi connectivity index (χ2v) is 4.41. The molecule has 0 fully saturated rings. The van der Waals surface area contributed by atoms with Crippen LogP contribution in [0.15, 0.2) is 35.1 Å². The number of para-hydroxylation sites is 1. The van der Waals surface area contributed by atoms with Crippen LogP contribution in [0.3, 0.4) is 0 Å². The van der Waals surface area contributed by atoms with Gasteiger partial charge in [0.15, 0.2) is 0 Å². The average Bonchev–Trinajstić information content (AvgIpc) is 2.47. The van der Waals surface area contributed by atoms with Crippen molar-refractivity contribution >= 4 is 28.5 Å². The maximum absolute atomic E-state index is 12.1. The van der Waals surface area contributed by atoms with Crippen LogP contribution >= 0.6 is 11.6 Å².